The smallest absolute Gasteiger partial charge is 0.407 e. The highest BCUT2D eigenvalue weighted by atomic mass is 32.1. The van der Waals surface area contributed by atoms with Gasteiger partial charge in [0.15, 0.2) is 5.69 Å². The van der Waals surface area contributed by atoms with Gasteiger partial charge in [-0.3, -0.25) is 14.4 Å². The van der Waals surface area contributed by atoms with Gasteiger partial charge in [-0.25, -0.2) is 14.6 Å². The van der Waals surface area contributed by atoms with Crippen molar-refractivity contribution in [1.29, 1.82) is 0 Å². The molecule has 2 aromatic carbocycles. The van der Waals surface area contributed by atoms with Gasteiger partial charge in [-0.05, 0) is 92.6 Å². The maximum atomic E-state index is 14.7. The first-order valence-electron chi connectivity index (χ1n) is 17.5. The molecule has 54 heavy (non-hydrogen) atoms. The summed E-state index contributed by atoms with van der Waals surface area (Å²) in [4.78, 5) is 73.5. The van der Waals surface area contributed by atoms with Gasteiger partial charge in [0.2, 0.25) is 0 Å². The highest BCUT2D eigenvalue weighted by Gasteiger charge is 2.28. The molecular weight excluding hydrogens is 711 g/mol. The highest BCUT2D eigenvalue weighted by molar-refractivity contribution is 7.13. The lowest BCUT2D eigenvalue weighted by atomic mass is 9.93. The molecule has 0 atom stereocenters. The van der Waals surface area contributed by atoms with Crippen molar-refractivity contribution in [2.45, 2.75) is 59.6 Å². The molecule has 5 rings (SSSR count). The van der Waals surface area contributed by atoms with E-state index in [1.165, 1.54) is 29.4 Å². The second-order valence-electron chi connectivity index (χ2n) is 14.0. The molecule has 14 heteroatoms. The van der Waals surface area contributed by atoms with Gasteiger partial charge in [-0.15, -0.1) is 11.3 Å². The minimum Gasteiger partial charge on any atom is -0.493 e. The van der Waals surface area contributed by atoms with E-state index in [0.717, 1.165) is 10.4 Å². The molecule has 284 valence electrons. The van der Waals surface area contributed by atoms with E-state index in [2.05, 4.69) is 20.9 Å². The number of rotatable bonds is 10. The molecule has 1 aliphatic rings. The number of ether oxygens (including phenoxy) is 3. The van der Waals surface area contributed by atoms with E-state index in [-0.39, 0.29) is 46.2 Å². The predicted octanol–water partition coefficient (Wildman–Crippen LogP) is 6.63. The van der Waals surface area contributed by atoms with Crippen molar-refractivity contribution in [3.05, 3.63) is 87.0 Å². The van der Waals surface area contributed by atoms with E-state index >= 15 is 0 Å². The van der Waals surface area contributed by atoms with Gasteiger partial charge < -0.3 is 35.1 Å². The van der Waals surface area contributed by atoms with Gasteiger partial charge >= 0.3 is 12.1 Å². The lowest BCUT2D eigenvalue weighted by molar-refractivity contribution is 0.0521. The number of aryl methyl sites for hydroxylation is 1. The minimum atomic E-state index is -0.803. The standard InChI is InChI=1S/C40H45N5O8S/c1-9-14-41-36(47)30-11-10-25(33(43-30)38(49)51-8)26-20-31-28(34-24(12-15-52-31)13-16-54-34)19-27(26)35(46)44-32-22(2)17-23(18-29(32)37(48)45(6)7)21-42-39(50)53-40(3,4)5/h10-11,13,16-20H,9,12,14-15,21H2,1-8H3,(H,41,47)(H,42,50)(H,44,46). The van der Waals surface area contributed by atoms with Crippen molar-refractivity contribution in [3.63, 3.8) is 0 Å². The third-order valence-corrected chi connectivity index (χ3v) is 9.41. The summed E-state index contributed by atoms with van der Waals surface area (Å²) in [6.45, 7) is 9.85. The summed E-state index contributed by atoms with van der Waals surface area (Å²) in [5, 5.41) is 10.4. The van der Waals surface area contributed by atoms with Gasteiger partial charge in [0.05, 0.1) is 25.0 Å². The Bertz CT molecular complexity index is 2120. The third-order valence-electron chi connectivity index (χ3n) is 8.42. The molecule has 3 N–H and O–H groups in total. The molecule has 2 aromatic heterocycles. The Balaban J connectivity index is 1.64. The van der Waals surface area contributed by atoms with Crippen LogP contribution in [0.3, 0.4) is 0 Å². The predicted molar refractivity (Wildman–Crippen MR) is 206 cm³/mol. The second-order valence-corrected chi connectivity index (χ2v) is 14.9. The Kier molecular flexibility index (Phi) is 12.1. The topological polar surface area (TPSA) is 165 Å². The number of carbonyl (C=O) groups is 5. The van der Waals surface area contributed by atoms with Crippen molar-refractivity contribution in [3.8, 4) is 27.3 Å². The SMILES string of the molecule is CCCNC(=O)c1ccc(-c2cc3c(cc2C(=O)Nc2c(C)cc(CNC(=O)OC(C)(C)C)cc2C(=O)N(C)C)-c2sccc2CCO3)c(C(=O)OC)n1. The fourth-order valence-corrected chi connectivity index (χ4v) is 6.90. The largest absolute Gasteiger partial charge is 0.493 e. The van der Waals surface area contributed by atoms with Crippen LogP contribution in [0.25, 0.3) is 21.6 Å². The number of esters is 1. The Morgan fingerprint density at radius 1 is 0.944 bits per heavy atom. The number of nitrogens with zero attached hydrogens (tertiary/aromatic N) is 2. The zero-order valence-electron chi connectivity index (χ0n) is 31.7. The van der Waals surface area contributed by atoms with Gasteiger partial charge in [0.25, 0.3) is 17.7 Å². The van der Waals surface area contributed by atoms with Crippen molar-refractivity contribution in [2.75, 3.05) is 39.7 Å². The summed E-state index contributed by atoms with van der Waals surface area (Å²) < 4.78 is 16.7. The Hall–Kier alpha value is -5.76. The molecule has 0 aliphatic carbocycles. The van der Waals surface area contributed by atoms with Crippen LogP contribution in [0, 0.1) is 6.92 Å². The van der Waals surface area contributed by atoms with Crippen LogP contribution in [-0.4, -0.2) is 79.6 Å². The zero-order valence-corrected chi connectivity index (χ0v) is 32.5. The summed E-state index contributed by atoms with van der Waals surface area (Å²) in [5.74, 6) is -1.71. The summed E-state index contributed by atoms with van der Waals surface area (Å²) in [7, 11) is 4.42. The monoisotopic (exact) mass is 755 g/mol. The van der Waals surface area contributed by atoms with Gasteiger partial charge in [-0.1, -0.05) is 13.0 Å². The Labute approximate surface area is 318 Å². The maximum Gasteiger partial charge on any atom is 0.407 e. The van der Waals surface area contributed by atoms with Gasteiger partial charge in [-0.2, -0.15) is 0 Å². The van der Waals surface area contributed by atoms with Crippen LogP contribution in [-0.2, 0) is 22.4 Å². The number of methoxy groups -OCH3 is 1. The molecule has 13 nitrogen and oxygen atoms in total. The minimum absolute atomic E-state index is 0.0107. The Morgan fingerprint density at radius 3 is 2.39 bits per heavy atom. The van der Waals surface area contributed by atoms with Gasteiger partial charge in [0.1, 0.15) is 17.0 Å². The number of benzene rings is 2. The van der Waals surface area contributed by atoms with Crippen molar-refractivity contribution < 1.29 is 38.2 Å². The normalized spacial score (nSPS) is 11.9. The van der Waals surface area contributed by atoms with E-state index in [4.69, 9.17) is 14.2 Å². The summed E-state index contributed by atoms with van der Waals surface area (Å²) in [6, 6.07) is 11.9. The van der Waals surface area contributed by atoms with Crippen LogP contribution in [0.4, 0.5) is 10.5 Å². The number of thiophene rings is 1. The van der Waals surface area contributed by atoms with E-state index in [1.54, 1.807) is 72.1 Å². The molecule has 0 saturated heterocycles. The number of pyridine rings is 1. The summed E-state index contributed by atoms with van der Waals surface area (Å²) in [6.07, 6.45) is 0.757. The number of aromatic nitrogens is 1. The van der Waals surface area contributed by atoms with Crippen LogP contribution in [0.2, 0.25) is 0 Å². The molecule has 0 saturated carbocycles. The number of nitrogens with one attached hydrogen (secondary N) is 3. The van der Waals surface area contributed by atoms with E-state index in [9.17, 15) is 24.0 Å². The highest BCUT2D eigenvalue weighted by Crippen LogP contribution is 2.43. The molecule has 0 unspecified atom stereocenters. The van der Waals surface area contributed by atoms with Crippen LogP contribution in [0.15, 0.2) is 47.8 Å². The van der Waals surface area contributed by atoms with Crippen molar-refractivity contribution in [2.24, 2.45) is 0 Å². The van der Waals surface area contributed by atoms with E-state index in [0.29, 0.717) is 54.0 Å². The molecule has 4 aromatic rings. The third kappa shape index (κ3) is 8.88. The number of carbonyl (C=O) groups excluding carboxylic acids is 5. The van der Waals surface area contributed by atoms with Crippen LogP contribution in [0.5, 0.6) is 5.75 Å². The fourth-order valence-electron chi connectivity index (χ4n) is 5.92. The van der Waals surface area contributed by atoms with Gasteiger partial charge in [0, 0.05) is 60.7 Å². The first-order chi connectivity index (χ1) is 25.6. The van der Waals surface area contributed by atoms with E-state index in [1.807, 2.05) is 18.4 Å². The zero-order chi connectivity index (χ0) is 39.3. The molecule has 1 aliphatic heterocycles. The average Bonchev–Trinajstić information content (AvgIpc) is 3.53. The molecular formula is C40H45N5O8S. The molecule has 4 amide bonds. The summed E-state index contributed by atoms with van der Waals surface area (Å²) >= 11 is 1.52. The number of hydrogen-bond donors (Lipinski definition) is 3. The number of hydrogen-bond acceptors (Lipinski definition) is 10. The lowest BCUT2D eigenvalue weighted by Gasteiger charge is -2.21. The lowest BCUT2D eigenvalue weighted by Crippen LogP contribution is -2.32. The quantitative estimate of drug-likeness (QED) is 0.151. The maximum absolute atomic E-state index is 14.7. The number of anilines is 1. The van der Waals surface area contributed by atoms with Crippen LogP contribution >= 0.6 is 11.3 Å². The molecule has 0 spiro atoms. The Morgan fingerprint density at radius 2 is 1.70 bits per heavy atom. The summed E-state index contributed by atoms with van der Waals surface area (Å²) in [5.41, 5.74) is 3.28. The second kappa shape index (κ2) is 16.5. The molecule has 3 heterocycles. The number of fused-ring (bicyclic) bond motifs is 3. The number of amides is 4. The molecule has 0 fully saturated rings. The van der Waals surface area contributed by atoms with E-state index < -0.39 is 29.5 Å². The first kappa shape index (κ1) is 39.4. The van der Waals surface area contributed by atoms with Crippen LogP contribution in [0.1, 0.15) is 92.5 Å². The first-order valence-corrected chi connectivity index (χ1v) is 18.4. The number of alkyl carbamates (subject to hydrolysis) is 1. The van der Waals surface area contributed by atoms with Crippen molar-refractivity contribution in [1.82, 2.24) is 20.5 Å². The fraction of sp³-hybridized carbons (Fsp3) is 0.350. The average molecular weight is 756 g/mol. The van der Waals surface area contributed by atoms with Crippen LogP contribution < -0.4 is 20.7 Å². The molecule has 0 radical (unpaired) electrons. The van der Waals surface area contributed by atoms with Crippen molar-refractivity contribution >= 4 is 46.8 Å². The molecule has 0 bridgehead atoms.